The van der Waals surface area contributed by atoms with Crippen molar-refractivity contribution < 1.29 is 9.59 Å². The first-order valence-corrected chi connectivity index (χ1v) is 19.4. The van der Waals surface area contributed by atoms with Gasteiger partial charge >= 0.3 is 0 Å². The number of rotatable bonds is 34. The Balaban J connectivity index is 3.56. The average molecular weight is 623 g/mol. The van der Waals surface area contributed by atoms with Crippen LogP contribution < -0.4 is 16.0 Å². The van der Waals surface area contributed by atoms with Gasteiger partial charge in [-0.15, -0.1) is 0 Å². The Morgan fingerprint density at radius 1 is 0.500 bits per heavy atom. The molecule has 2 atom stereocenters. The predicted octanol–water partition coefficient (Wildman–Crippen LogP) is 9.31. The largest absolute Gasteiger partial charge is 0.354 e. The summed E-state index contributed by atoms with van der Waals surface area (Å²) in [7, 11) is 2.09. The number of nitrogens with zero attached hydrogens (tertiary/aromatic N) is 1. The Labute approximate surface area is 275 Å². The monoisotopic (exact) mass is 623 g/mol. The summed E-state index contributed by atoms with van der Waals surface area (Å²) < 4.78 is 0. The Hall–Kier alpha value is -1.14. The van der Waals surface area contributed by atoms with Crippen molar-refractivity contribution in [2.24, 2.45) is 0 Å². The van der Waals surface area contributed by atoms with E-state index in [2.05, 4.69) is 55.6 Å². The number of hydrogen-bond acceptors (Lipinski definition) is 4. The molecule has 0 fully saturated rings. The van der Waals surface area contributed by atoms with Gasteiger partial charge in [0, 0.05) is 38.0 Å². The maximum Gasteiger partial charge on any atom is 0.221 e. The Morgan fingerprint density at radius 3 is 1.32 bits per heavy atom. The molecule has 6 nitrogen and oxygen atoms in total. The van der Waals surface area contributed by atoms with E-state index in [0.717, 1.165) is 45.4 Å². The standard InChI is InChI=1S/C38H78N4O2/c1-6-8-10-12-14-16-18-20-22-24-27-35(3)40-37(43)29-32-39-31-26-33-42(5)34-30-38(44)41-36(4)28-25-23-21-19-17-15-13-11-9-7-2/h35-36,39H,6-34H2,1-5H3,(H,40,43)(H,41,44). The van der Waals surface area contributed by atoms with Crippen LogP contribution in [0.25, 0.3) is 0 Å². The van der Waals surface area contributed by atoms with E-state index in [-0.39, 0.29) is 23.9 Å². The molecule has 0 saturated heterocycles. The van der Waals surface area contributed by atoms with Crippen molar-refractivity contribution in [2.75, 3.05) is 33.2 Å². The van der Waals surface area contributed by atoms with Gasteiger partial charge in [0.15, 0.2) is 0 Å². The second-order valence-corrected chi connectivity index (χ2v) is 13.8. The third-order valence-corrected chi connectivity index (χ3v) is 8.94. The molecule has 0 rings (SSSR count). The van der Waals surface area contributed by atoms with Crippen LogP contribution in [-0.4, -0.2) is 62.0 Å². The lowest BCUT2D eigenvalue weighted by molar-refractivity contribution is -0.122. The van der Waals surface area contributed by atoms with E-state index in [0.29, 0.717) is 12.8 Å². The fourth-order valence-electron chi connectivity index (χ4n) is 5.92. The van der Waals surface area contributed by atoms with Gasteiger partial charge in [-0.2, -0.15) is 0 Å². The van der Waals surface area contributed by atoms with Crippen LogP contribution in [0.15, 0.2) is 0 Å². The molecule has 0 aromatic heterocycles. The SMILES string of the molecule is CCCCCCCCCCCCC(C)NC(=O)CCNCCCN(C)CCC(=O)NC(C)CCCCCCCCCCCC. The highest BCUT2D eigenvalue weighted by Crippen LogP contribution is 2.13. The van der Waals surface area contributed by atoms with Crippen molar-refractivity contribution in [1.82, 2.24) is 20.9 Å². The molecule has 0 aromatic carbocycles. The van der Waals surface area contributed by atoms with E-state index >= 15 is 0 Å². The van der Waals surface area contributed by atoms with Crippen LogP contribution >= 0.6 is 0 Å². The fourth-order valence-corrected chi connectivity index (χ4v) is 5.92. The molecule has 0 aliphatic rings. The van der Waals surface area contributed by atoms with Crippen molar-refractivity contribution >= 4 is 11.8 Å². The minimum atomic E-state index is 0.155. The number of hydrogen-bond donors (Lipinski definition) is 3. The molecule has 0 aliphatic carbocycles. The molecule has 0 saturated carbocycles. The van der Waals surface area contributed by atoms with E-state index in [9.17, 15) is 9.59 Å². The van der Waals surface area contributed by atoms with Crippen molar-refractivity contribution in [3.8, 4) is 0 Å². The minimum Gasteiger partial charge on any atom is -0.354 e. The summed E-state index contributed by atoms with van der Waals surface area (Å²) in [4.78, 5) is 26.8. The Morgan fingerprint density at radius 2 is 0.886 bits per heavy atom. The predicted molar refractivity (Wildman–Crippen MR) is 192 cm³/mol. The van der Waals surface area contributed by atoms with Crippen LogP contribution in [0.3, 0.4) is 0 Å². The maximum absolute atomic E-state index is 12.4. The van der Waals surface area contributed by atoms with Crippen molar-refractivity contribution in [2.45, 2.75) is 200 Å². The first kappa shape index (κ1) is 42.9. The molecular formula is C38H78N4O2. The van der Waals surface area contributed by atoms with Crippen LogP contribution in [0, 0.1) is 0 Å². The Kier molecular flexibility index (Phi) is 32.4. The van der Waals surface area contributed by atoms with Crippen LogP contribution in [0.5, 0.6) is 0 Å². The van der Waals surface area contributed by atoms with E-state index < -0.39 is 0 Å². The van der Waals surface area contributed by atoms with Crippen LogP contribution in [0.2, 0.25) is 0 Å². The first-order valence-electron chi connectivity index (χ1n) is 19.4. The topological polar surface area (TPSA) is 73.5 Å². The first-order chi connectivity index (χ1) is 21.4. The Bertz CT molecular complexity index is 630. The quantitative estimate of drug-likeness (QED) is 0.0625. The summed E-state index contributed by atoms with van der Waals surface area (Å²) in [6.07, 6.45) is 31.3. The lowest BCUT2D eigenvalue weighted by Gasteiger charge is -2.18. The molecule has 262 valence electrons. The van der Waals surface area contributed by atoms with Gasteiger partial charge in [-0.3, -0.25) is 9.59 Å². The van der Waals surface area contributed by atoms with Crippen molar-refractivity contribution in [1.29, 1.82) is 0 Å². The highest BCUT2D eigenvalue weighted by Gasteiger charge is 2.09. The number of carbonyl (C=O) groups excluding carboxylic acids is 2. The molecular weight excluding hydrogens is 544 g/mol. The molecule has 3 N–H and O–H groups in total. The molecule has 0 spiro atoms. The summed E-state index contributed by atoms with van der Waals surface area (Å²) in [5, 5.41) is 9.75. The second-order valence-electron chi connectivity index (χ2n) is 13.8. The third kappa shape index (κ3) is 32.3. The van der Waals surface area contributed by atoms with Gasteiger partial charge in [-0.1, -0.05) is 142 Å². The summed E-state index contributed by atoms with van der Waals surface area (Å²) in [5.74, 6) is 0.325. The zero-order valence-electron chi connectivity index (χ0n) is 30.4. The van der Waals surface area contributed by atoms with Crippen LogP contribution in [-0.2, 0) is 9.59 Å². The highest BCUT2D eigenvalue weighted by atomic mass is 16.2. The van der Waals surface area contributed by atoms with E-state index in [1.54, 1.807) is 0 Å². The molecule has 0 bridgehead atoms. The number of carbonyl (C=O) groups is 2. The second kappa shape index (κ2) is 33.2. The average Bonchev–Trinajstić information content (AvgIpc) is 2.99. The van der Waals surface area contributed by atoms with Gasteiger partial charge < -0.3 is 20.9 Å². The van der Waals surface area contributed by atoms with E-state index in [1.165, 1.54) is 128 Å². The lowest BCUT2D eigenvalue weighted by atomic mass is 10.0. The van der Waals surface area contributed by atoms with Gasteiger partial charge in [0.05, 0.1) is 0 Å². The van der Waals surface area contributed by atoms with Gasteiger partial charge in [-0.25, -0.2) is 0 Å². The van der Waals surface area contributed by atoms with Crippen molar-refractivity contribution in [3.05, 3.63) is 0 Å². The lowest BCUT2D eigenvalue weighted by Crippen LogP contribution is -2.35. The zero-order chi connectivity index (χ0) is 32.5. The molecule has 0 aliphatic heterocycles. The summed E-state index contributed by atoms with van der Waals surface area (Å²) in [5.41, 5.74) is 0. The number of unbranched alkanes of at least 4 members (excludes halogenated alkanes) is 18. The summed E-state index contributed by atoms with van der Waals surface area (Å²) in [6, 6.07) is 0.538. The number of nitrogens with one attached hydrogen (secondary N) is 3. The zero-order valence-corrected chi connectivity index (χ0v) is 30.4. The minimum absolute atomic E-state index is 0.155. The molecule has 0 radical (unpaired) electrons. The van der Waals surface area contributed by atoms with Gasteiger partial charge in [0.2, 0.25) is 11.8 Å². The maximum atomic E-state index is 12.4. The van der Waals surface area contributed by atoms with E-state index in [1.807, 2.05) is 0 Å². The molecule has 6 heteroatoms. The van der Waals surface area contributed by atoms with Crippen LogP contribution in [0.4, 0.5) is 0 Å². The smallest absolute Gasteiger partial charge is 0.221 e. The van der Waals surface area contributed by atoms with Gasteiger partial charge in [-0.05, 0) is 53.2 Å². The highest BCUT2D eigenvalue weighted by molar-refractivity contribution is 5.76. The van der Waals surface area contributed by atoms with Gasteiger partial charge in [0.25, 0.3) is 0 Å². The molecule has 44 heavy (non-hydrogen) atoms. The van der Waals surface area contributed by atoms with Gasteiger partial charge in [0.1, 0.15) is 0 Å². The molecule has 2 unspecified atom stereocenters. The molecule has 2 amide bonds. The molecule has 0 aromatic rings. The summed E-state index contributed by atoms with van der Waals surface area (Å²) in [6.45, 7) is 12.2. The van der Waals surface area contributed by atoms with E-state index in [4.69, 9.17) is 0 Å². The number of amides is 2. The summed E-state index contributed by atoms with van der Waals surface area (Å²) >= 11 is 0. The third-order valence-electron chi connectivity index (χ3n) is 8.94. The van der Waals surface area contributed by atoms with Crippen LogP contribution in [0.1, 0.15) is 188 Å². The normalized spacial score (nSPS) is 12.9. The molecule has 0 heterocycles. The fraction of sp³-hybridized carbons (Fsp3) is 0.947. The van der Waals surface area contributed by atoms with Crippen molar-refractivity contribution in [3.63, 3.8) is 0 Å².